The third-order valence-electron chi connectivity index (χ3n) is 1.50. The van der Waals surface area contributed by atoms with Gasteiger partial charge in [0.15, 0.2) is 6.29 Å². The molecule has 0 bridgehead atoms. The fraction of sp³-hybridized carbons (Fsp3) is 0. The fourth-order valence-electron chi connectivity index (χ4n) is 0.909. The van der Waals surface area contributed by atoms with Crippen LogP contribution in [0.4, 0.5) is 0 Å². The van der Waals surface area contributed by atoms with Gasteiger partial charge in [-0.1, -0.05) is 12.7 Å². The molecule has 2 N–H and O–H groups in total. The maximum atomic E-state index is 10.3. The fourth-order valence-corrected chi connectivity index (χ4v) is 0.909. The Bertz CT molecular complexity index is 300. The Morgan fingerprint density at radius 1 is 1.25 bits per heavy atom. The molecule has 0 atom stereocenters. The molecule has 0 aliphatic carbocycles. The van der Waals surface area contributed by atoms with E-state index in [9.17, 15) is 9.90 Å². The molecule has 0 aliphatic rings. The molecule has 0 aliphatic heterocycles. The lowest BCUT2D eigenvalue weighted by Gasteiger charge is -2.02. The molecular formula is C9H8O3. The zero-order valence-electron chi connectivity index (χ0n) is 6.32. The van der Waals surface area contributed by atoms with Gasteiger partial charge in [-0.05, 0) is 12.1 Å². The monoisotopic (exact) mass is 164 g/mol. The molecule has 3 nitrogen and oxygen atoms in total. The average Bonchev–Trinajstić information content (AvgIpc) is 2.08. The molecule has 1 aromatic carbocycles. The van der Waals surface area contributed by atoms with Crippen molar-refractivity contribution in [3.05, 3.63) is 29.8 Å². The minimum absolute atomic E-state index is 0.0601. The largest absolute Gasteiger partial charge is 0.508 e. The molecule has 0 heterocycles. The summed E-state index contributed by atoms with van der Waals surface area (Å²) in [5, 5.41) is 18.4. The topological polar surface area (TPSA) is 57.5 Å². The number of carbonyl (C=O) groups is 1. The van der Waals surface area contributed by atoms with Crippen molar-refractivity contribution in [2.24, 2.45) is 0 Å². The average molecular weight is 164 g/mol. The van der Waals surface area contributed by atoms with E-state index >= 15 is 0 Å². The van der Waals surface area contributed by atoms with Gasteiger partial charge in [0.2, 0.25) is 0 Å². The Balaban J connectivity index is 3.41. The molecule has 0 radical (unpaired) electrons. The van der Waals surface area contributed by atoms with Crippen molar-refractivity contribution in [2.75, 3.05) is 0 Å². The summed E-state index contributed by atoms with van der Waals surface area (Å²) in [6, 6.07) is 2.52. The van der Waals surface area contributed by atoms with Crippen LogP contribution in [0.5, 0.6) is 11.5 Å². The predicted octanol–water partition coefficient (Wildman–Crippen LogP) is 1.55. The maximum Gasteiger partial charge on any atom is 0.153 e. The molecule has 1 rings (SSSR count). The quantitative estimate of drug-likeness (QED) is 0.515. The Labute approximate surface area is 69.6 Å². The first kappa shape index (κ1) is 8.33. The third kappa shape index (κ3) is 1.29. The number of rotatable bonds is 2. The number of hydrogen-bond donors (Lipinski definition) is 2. The van der Waals surface area contributed by atoms with Gasteiger partial charge in [0.1, 0.15) is 11.5 Å². The van der Waals surface area contributed by atoms with Crippen LogP contribution in [0, 0.1) is 0 Å². The van der Waals surface area contributed by atoms with Crippen LogP contribution in [0.1, 0.15) is 15.9 Å². The summed E-state index contributed by atoms with van der Waals surface area (Å²) in [7, 11) is 0. The van der Waals surface area contributed by atoms with Gasteiger partial charge in [0, 0.05) is 5.56 Å². The Morgan fingerprint density at radius 3 is 2.33 bits per heavy atom. The first-order valence-electron chi connectivity index (χ1n) is 3.32. The summed E-state index contributed by atoms with van der Waals surface area (Å²) >= 11 is 0. The van der Waals surface area contributed by atoms with Crippen LogP contribution >= 0.6 is 0 Å². The van der Waals surface area contributed by atoms with E-state index < -0.39 is 0 Å². The van der Waals surface area contributed by atoms with E-state index in [1.807, 2.05) is 0 Å². The lowest BCUT2D eigenvalue weighted by molar-refractivity contribution is 0.112. The van der Waals surface area contributed by atoms with E-state index in [0.29, 0.717) is 11.8 Å². The van der Waals surface area contributed by atoms with E-state index in [1.54, 1.807) is 0 Å². The van der Waals surface area contributed by atoms with Gasteiger partial charge in [-0.3, -0.25) is 4.79 Å². The molecule has 62 valence electrons. The highest BCUT2D eigenvalue weighted by Gasteiger charge is 2.05. The normalized spacial score (nSPS) is 9.33. The van der Waals surface area contributed by atoms with Gasteiger partial charge in [0.05, 0.1) is 5.56 Å². The van der Waals surface area contributed by atoms with Gasteiger partial charge in [0.25, 0.3) is 0 Å². The molecular weight excluding hydrogens is 156 g/mol. The number of aromatic hydroxyl groups is 2. The van der Waals surface area contributed by atoms with E-state index in [4.69, 9.17) is 5.11 Å². The lowest BCUT2D eigenvalue weighted by atomic mass is 10.1. The second kappa shape index (κ2) is 3.09. The third-order valence-corrected chi connectivity index (χ3v) is 1.50. The highest BCUT2D eigenvalue weighted by atomic mass is 16.3. The molecule has 0 amide bonds. The van der Waals surface area contributed by atoms with Crippen molar-refractivity contribution >= 4 is 12.4 Å². The van der Waals surface area contributed by atoms with Gasteiger partial charge >= 0.3 is 0 Å². The summed E-state index contributed by atoms with van der Waals surface area (Å²) < 4.78 is 0. The van der Waals surface area contributed by atoms with E-state index in [2.05, 4.69) is 6.58 Å². The molecule has 0 unspecified atom stereocenters. The number of aldehydes is 1. The zero-order chi connectivity index (χ0) is 9.14. The van der Waals surface area contributed by atoms with E-state index in [0.717, 1.165) is 0 Å². The van der Waals surface area contributed by atoms with Crippen molar-refractivity contribution < 1.29 is 15.0 Å². The van der Waals surface area contributed by atoms with Gasteiger partial charge in [-0.2, -0.15) is 0 Å². The molecule has 0 fully saturated rings. The van der Waals surface area contributed by atoms with Crippen LogP contribution in [-0.2, 0) is 0 Å². The van der Waals surface area contributed by atoms with Gasteiger partial charge < -0.3 is 10.2 Å². The first-order valence-corrected chi connectivity index (χ1v) is 3.32. The van der Waals surface area contributed by atoms with Crippen LogP contribution < -0.4 is 0 Å². The lowest BCUT2D eigenvalue weighted by Crippen LogP contribution is -1.84. The predicted molar refractivity (Wildman–Crippen MR) is 45.3 cm³/mol. The Kier molecular flexibility index (Phi) is 2.14. The second-order valence-corrected chi connectivity index (χ2v) is 2.29. The van der Waals surface area contributed by atoms with Crippen molar-refractivity contribution in [3.8, 4) is 11.5 Å². The van der Waals surface area contributed by atoms with Crippen LogP contribution in [0.15, 0.2) is 18.7 Å². The van der Waals surface area contributed by atoms with Crippen LogP contribution in [0.2, 0.25) is 0 Å². The highest BCUT2D eigenvalue weighted by Crippen LogP contribution is 2.27. The van der Waals surface area contributed by atoms with Crippen molar-refractivity contribution in [1.82, 2.24) is 0 Å². The van der Waals surface area contributed by atoms with Gasteiger partial charge in [-0.15, -0.1) is 0 Å². The van der Waals surface area contributed by atoms with Crippen LogP contribution in [0.3, 0.4) is 0 Å². The summed E-state index contributed by atoms with van der Waals surface area (Å²) in [5.41, 5.74) is 0.405. The molecule has 0 spiro atoms. The standard InChI is InChI=1S/C9H8O3/c1-2-6-3-8(11)4-7(5-10)9(6)12/h2-5,11-12H,1H2. The Hall–Kier alpha value is -1.77. The molecule has 0 saturated heterocycles. The number of hydrogen-bond acceptors (Lipinski definition) is 3. The summed E-state index contributed by atoms with van der Waals surface area (Å²) in [6.07, 6.45) is 1.84. The van der Waals surface area contributed by atoms with Crippen molar-refractivity contribution in [1.29, 1.82) is 0 Å². The second-order valence-electron chi connectivity index (χ2n) is 2.29. The smallest absolute Gasteiger partial charge is 0.153 e. The molecule has 12 heavy (non-hydrogen) atoms. The number of benzene rings is 1. The molecule has 0 aromatic heterocycles. The van der Waals surface area contributed by atoms with Crippen molar-refractivity contribution in [2.45, 2.75) is 0 Å². The van der Waals surface area contributed by atoms with E-state index in [-0.39, 0.29) is 17.1 Å². The minimum atomic E-state index is -0.155. The molecule has 1 aromatic rings. The number of carbonyl (C=O) groups excluding carboxylic acids is 1. The summed E-state index contributed by atoms with van der Waals surface area (Å²) in [6.45, 7) is 3.42. The van der Waals surface area contributed by atoms with Gasteiger partial charge in [-0.25, -0.2) is 0 Å². The zero-order valence-corrected chi connectivity index (χ0v) is 6.32. The van der Waals surface area contributed by atoms with Crippen molar-refractivity contribution in [3.63, 3.8) is 0 Å². The number of phenolic OH excluding ortho intramolecular Hbond substituents is 2. The van der Waals surface area contributed by atoms with E-state index in [1.165, 1.54) is 18.2 Å². The molecule has 3 heteroatoms. The Morgan fingerprint density at radius 2 is 1.83 bits per heavy atom. The minimum Gasteiger partial charge on any atom is -0.508 e. The maximum absolute atomic E-state index is 10.3. The summed E-state index contributed by atoms with van der Waals surface area (Å²) in [4.78, 5) is 10.3. The molecule has 0 saturated carbocycles. The number of phenols is 2. The SMILES string of the molecule is C=Cc1cc(O)cc(C=O)c1O. The summed E-state index contributed by atoms with van der Waals surface area (Å²) in [5.74, 6) is -0.220. The van der Waals surface area contributed by atoms with Crippen LogP contribution in [0.25, 0.3) is 6.08 Å². The first-order chi connectivity index (χ1) is 5.69. The highest BCUT2D eigenvalue weighted by molar-refractivity contribution is 5.83. The van der Waals surface area contributed by atoms with Crippen LogP contribution in [-0.4, -0.2) is 16.5 Å².